The quantitative estimate of drug-likeness (QED) is 0.654. The van der Waals surface area contributed by atoms with Crippen molar-refractivity contribution in [1.82, 2.24) is 10.2 Å². The summed E-state index contributed by atoms with van der Waals surface area (Å²) in [7, 11) is 0. The molecule has 1 saturated heterocycles. The SMILES string of the molecule is Cc1ccc([C@@H](C)N2CCNCC2)c(O)c1[N+](=O)[O-].Cl.Cl. The predicted molar refractivity (Wildman–Crippen MR) is 86.9 cm³/mol. The van der Waals surface area contributed by atoms with E-state index in [1.54, 1.807) is 19.1 Å². The number of halogens is 2. The number of phenols is 1. The van der Waals surface area contributed by atoms with Gasteiger partial charge >= 0.3 is 5.69 Å². The lowest BCUT2D eigenvalue weighted by Crippen LogP contribution is -2.44. The van der Waals surface area contributed by atoms with Gasteiger partial charge in [-0.3, -0.25) is 15.0 Å². The average molecular weight is 338 g/mol. The third-order valence-electron chi connectivity index (χ3n) is 3.72. The summed E-state index contributed by atoms with van der Waals surface area (Å²) in [5.74, 6) is -0.198. The first-order valence-electron chi connectivity index (χ1n) is 6.44. The van der Waals surface area contributed by atoms with E-state index >= 15 is 0 Å². The van der Waals surface area contributed by atoms with Crippen LogP contribution in [0.4, 0.5) is 5.69 Å². The summed E-state index contributed by atoms with van der Waals surface area (Å²) in [5.41, 5.74) is 0.928. The van der Waals surface area contributed by atoms with E-state index in [1.165, 1.54) is 0 Å². The van der Waals surface area contributed by atoms with Crippen LogP contribution < -0.4 is 5.32 Å². The number of hydrogen-bond acceptors (Lipinski definition) is 5. The van der Waals surface area contributed by atoms with Gasteiger partial charge in [0.2, 0.25) is 0 Å². The molecule has 0 spiro atoms. The van der Waals surface area contributed by atoms with E-state index in [1.807, 2.05) is 6.92 Å². The van der Waals surface area contributed by atoms with E-state index < -0.39 is 4.92 Å². The molecule has 21 heavy (non-hydrogen) atoms. The van der Waals surface area contributed by atoms with Crippen molar-refractivity contribution in [3.05, 3.63) is 33.4 Å². The number of aromatic hydroxyl groups is 1. The number of nitro groups is 1. The molecular formula is C13H21Cl2N3O3. The molecule has 1 aromatic carbocycles. The van der Waals surface area contributed by atoms with Gasteiger partial charge in [0, 0.05) is 43.3 Å². The minimum absolute atomic E-state index is 0. The number of nitrogens with one attached hydrogen (secondary N) is 1. The maximum absolute atomic E-state index is 11.0. The number of piperazine rings is 1. The summed E-state index contributed by atoms with van der Waals surface area (Å²) in [6, 6.07) is 3.46. The Kier molecular flexibility index (Phi) is 7.95. The molecule has 6 nitrogen and oxygen atoms in total. The summed E-state index contributed by atoms with van der Waals surface area (Å²) >= 11 is 0. The minimum atomic E-state index is -0.515. The molecule has 0 saturated carbocycles. The van der Waals surface area contributed by atoms with E-state index in [9.17, 15) is 15.2 Å². The maximum atomic E-state index is 11.0. The number of nitro benzene ring substituents is 1. The monoisotopic (exact) mass is 337 g/mol. The molecular weight excluding hydrogens is 317 g/mol. The Morgan fingerprint density at radius 3 is 2.43 bits per heavy atom. The van der Waals surface area contributed by atoms with Crippen LogP contribution in [0.2, 0.25) is 0 Å². The Balaban J connectivity index is 0.00000200. The van der Waals surface area contributed by atoms with E-state index in [0.717, 1.165) is 26.2 Å². The zero-order valence-corrected chi connectivity index (χ0v) is 13.7. The summed E-state index contributed by atoms with van der Waals surface area (Å²) < 4.78 is 0. The molecule has 1 aromatic rings. The van der Waals surface area contributed by atoms with Crippen LogP contribution in [0.1, 0.15) is 24.1 Å². The van der Waals surface area contributed by atoms with Crippen molar-refractivity contribution in [3.8, 4) is 5.75 Å². The number of phenolic OH excluding ortho intramolecular Hbond substituents is 1. The first-order valence-corrected chi connectivity index (χ1v) is 6.44. The highest BCUT2D eigenvalue weighted by atomic mass is 35.5. The zero-order chi connectivity index (χ0) is 14.0. The highest BCUT2D eigenvalue weighted by Gasteiger charge is 2.26. The minimum Gasteiger partial charge on any atom is -0.502 e. The van der Waals surface area contributed by atoms with Gasteiger partial charge in [-0.2, -0.15) is 0 Å². The van der Waals surface area contributed by atoms with Gasteiger partial charge < -0.3 is 10.4 Å². The molecule has 1 fully saturated rings. The standard InChI is InChI=1S/C13H19N3O3.2ClH/c1-9-3-4-11(13(17)12(9)16(18)19)10(2)15-7-5-14-6-8-15;;/h3-4,10,14,17H,5-8H2,1-2H3;2*1H/t10-;;/m1../s1. The molecule has 0 amide bonds. The highest BCUT2D eigenvalue weighted by molar-refractivity contribution is 5.85. The van der Waals surface area contributed by atoms with E-state index in [4.69, 9.17) is 0 Å². The van der Waals surface area contributed by atoms with Crippen LogP contribution in [0.15, 0.2) is 12.1 Å². The molecule has 1 aliphatic rings. The zero-order valence-electron chi connectivity index (χ0n) is 12.0. The molecule has 0 aliphatic carbocycles. The van der Waals surface area contributed by atoms with Crippen LogP contribution in [0.5, 0.6) is 5.75 Å². The van der Waals surface area contributed by atoms with E-state index in [-0.39, 0.29) is 42.3 Å². The normalized spacial score (nSPS) is 16.5. The van der Waals surface area contributed by atoms with Gasteiger partial charge in [0.1, 0.15) is 0 Å². The lowest BCUT2D eigenvalue weighted by atomic mass is 10.0. The molecule has 8 heteroatoms. The summed E-state index contributed by atoms with van der Waals surface area (Å²) in [6.45, 7) is 7.17. The van der Waals surface area contributed by atoms with Gasteiger partial charge in [-0.05, 0) is 13.8 Å². The van der Waals surface area contributed by atoms with E-state index in [0.29, 0.717) is 11.1 Å². The van der Waals surface area contributed by atoms with Crippen LogP contribution >= 0.6 is 24.8 Å². The van der Waals surface area contributed by atoms with Crippen LogP contribution in [-0.2, 0) is 0 Å². The molecule has 1 atom stereocenters. The second kappa shape index (κ2) is 8.38. The third kappa shape index (κ3) is 4.20. The molecule has 0 radical (unpaired) electrons. The number of nitrogens with zero attached hydrogens (tertiary/aromatic N) is 2. The molecule has 2 rings (SSSR count). The van der Waals surface area contributed by atoms with Crippen molar-refractivity contribution in [1.29, 1.82) is 0 Å². The van der Waals surface area contributed by atoms with Crippen molar-refractivity contribution in [2.75, 3.05) is 26.2 Å². The predicted octanol–water partition coefficient (Wildman–Crippen LogP) is 2.42. The molecule has 1 heterocycles. The fourth-order valence-electron chi connectivity index (χ4n) is 2.53. The Hall–Kier alpha value is -1.08. The Labute approximate surface area is 136 Å². The van der Waals surface area contributed by atoms with Gasteiger partial charge in [0.15, 0.2) is 5.75 Å². The molecule has 0 unspecified atom stereocenters. The average Bonchev–Trinajstić information content (AvgIpc) is 2.39. The number of rotatable bonds is 3. The van der Waals surface area contributed by atoms with Gasteiger partial charge in [0.05, 0.1) is 4.92 Å². The molecule has 1 aliphatic heterocycles. The highest BCUT2D eigenvalue weighted by Crippen LogP contribution is 2.37. The Morgan fingerprint density at radius 1 is 1.33 bits per heavy atom. The fraction of sp³-hybridized carbons (Fsp3) is 0.538. The van der Waals surface area contributed by atoms with Gasteiger partial charge in [0.25, 0.3) is 0 Å². The fourth-order valence-corrected chi connectivity index (χ4v) is 2.53. The Morgan fingerprint density at radius 2 is 1.90 bits per heavy atom. The summed E-state index contributed by atoms with van der Waals surface area (Å²) in [5, 5.41) is 24.4. The summed E-state index contributed by atoms with van der Waals surface area (Å²) in [6.07, 6.45) is 0. The molecule has 120 valence electrons. The maximum Gasteiger partial charge on any atom is 0.313 e. The van der Waals surface area contributed by atoms with Gasteiger partial charge in [-0.1, -0.05) is 12.1 Å². The van der Waals surface area contributed by atoms with Crippen molar-refractivity contribution in [3.63, 3.8) is 0 Å². The van der Waals surface area contributed by atoms with Gasteiger partial charge in [-0.25, -0.2) is 0 Å². The van der Waals surface area contributed by atoms with Crippen molar-refractivity contribution in [2.45, 2.75) is 19.9 Å². The third-order valence-corrected chi connectivity index (χ3v) is 3.72. The van der Waals surface area contributed by atoms with Crippen LogP contribution in [-0.4, -0.2) is 41.1 Å². The van der Waals surface area contributed by atoms with Crippen LogP contribution in [0, 0.1) is 17.0 Å². The lowest BCUT2D eigenvalue weighted by molar-refractivity contribution is -0.386. The second-order valence-electron chi connectivity index (χ2n) is 4.89. The van der Waals surface area contributed by atoms with Crippen molar-refractivity contribution < 1.29 is 10.0 Å². The molecule has 0 bridgehead atoms. The van der Waals surface area contributed by atoms with Gasteiger partial charge in [-0.15, -0.1) is 24.8 Å². The molecule has 2 N–H and O–H groups in total. The van der Waals surface area contributed by atoms with E-state index in [2.05, 4.69) is 10.2 Å². The van der Waals surface area contributed by atoms with Crippen molar-refractivity contribution >= 4 is 30.5 Å². The number of aryl methyl sites for hydroxylation is 1. The second-order valence-corrected chi connectivity index (χ2v) is 4.89. The smallest absolute Gasteiger partial charge is 0.313 e. The number of benzene rings is 1. The van der Waals surface area contributed by atoms with Crippen LogP contribution in [0.3, 0.4) is 0 Å². The topological polar surface area (TPSA) is 78.6 Å². The largest absolute Gasteiger partial charge is 0.502 e. The first kappa shape index (κ1) is 19.9. The van der Waals surface area contributed by atoms with Crippen LogP contribution in [0.25, 0.3) is 0 Å². The lowest BCUT2D eigenvalue weighted by Gasteiger charge is -2.33. The summed E-state index contributed by atoms with van der Waals surface area (Å²) in [4.78, 5) is 12.7. The Bertz CT molecular complexity index is 494. The molecule has 0 aromatic heterocycles. The number of hydrogen-bond donors (Lipinski definition) is 2. The van der Waals surface area contributed by atoms with Crippen molar-refractivity contribution in [2.24, 2.45) is 0 Å². The first-order chi connectivity index (χ1) is 9.02.